The zero-order valence-corrected chi connectivity index (χ0v) is 18.7. The predicted octanol–water partition coefficient (Wildman–Crippen LogP) is 2.63. The molecule has 2 aliphatic rings. The van der Waals surface area contributed by atoms with E-state index >= 15 is 0 Å². The summed E-state index contributed by atoms with van der Waals surface area (Å²) in [6.45, 7) is 3.63. The quantitative estimate of drug-likeness (QED) is 0.748. The van der Waals surface area contributed by atoms with Crippen molar-refractivity contribution in [1.82, 2.24) is 9.78 Å². The minimum Gasteiger partial charge on any atom is -0.306 e. The summed E-state index contributed by atoms with van der Waals surface area (Å²) in [5, 5.41) is 13.1. The molecule has 2 amide bonds. The zero-order chi connectivity index (χ0) is 22.3. The lowest BCUT2D eigenvalue weighted by molar-refractivity contribution is -0.118. The Labute approximate surface area is 185 Å². The summed E-state index contributed by atoms with van der Waals surface area (Å²) in [5.41, 5.74) is 2.22. The number of hydrogen-bond acceptors (Lipinski definition) is 6. The third-order valence-corrected chi connectivity index (χ3v) is 7.51. The van der Waals surface area contributed by atoms with Crippen LogP contribution in [0.15, 0.2) is 29.4 Å². The van der Waals surface area contributed by atoms with Gasteiger partial charge in [-0.2, -0.15) is 10.2 Å². The van der Waals surface area contributed by atoms with Crippen LogP contribution in [0.2, 0.25) is 5.02 Å². The highest BCUT2D eigenvalue weighted by molar-refractivity contribution is 7.91. The van der Waals surface area contributed by atoms with E-state index in [1.807, 2.05) is 6.92 Å². The third kappa shape index (κ3) is 4.49. The molecule has 1 N–H and O–H groups in total. The van der Waals surface area contributed by atoms with Gasteiger partial charge in [-0.1, -0.05) is 17.7 Å². The molecule has 2 aliphatic heterocycles. The highest BCUT2D eigenvalue weighted by Gasteiger charge is 2.32. The summed E-state index contributed by atoms with van der Waals surface area (Å²) in [5.74, 6) is -0.179. The van der Waals surface area contributed by atoms with Crippen LogP contribution in [0.3, 0.4) is 0 Å². The van der Waals surface area contributed by atoms with Crippen molar-refractivity contribution in [3.05, 3.63) is 40.5 Å². The van der Waals surface area contributed by atoms with Gasteiger partial charge in [0.15, 0.2) is 9.84 Å². The summed E-state index contributed by atoms with van der Waals surface area (Å²) in [4.78, 5) is 25.3. The second kappa shape index (κ2) is 8.08. The number of aryl methyl sites for hydroxylation is 2. The molecule has 1 aromatic carbocycles. The highest BCUT2D eigenvalue weighted by Crippen LogP contribution is 2.28. The Kier molecular flexibility index (Phi) is 5.61. The number of hydrazone groups is 1. The minimum atomic E-state index is -3.10. The number of hydrogen-bond donors (Lipinski definition) is 1. The number of carbonyl (C=O) groups is 2. The zero-order valence-electron chi connectivity index (χ0n) is 17.1. The maximum absolute atomic E-state index is 12.9. The van der Waals surface area contributed by atoms with E-state index in [2.05, 4.69) is 15.5 Å². The first-order valence-corrected chi connectivity index (χ1v) is 12.1. The van der Waals surface area contributed by atoms with E-state index in [1.54, 1.807) is 35.9 Å². The Morgan fingerprint density at radius 1 is 1.23 bits per heavy atom. The molecule has 2 aromatic rings. The summed E-state index contributed by atoms with van der Waals surface area (Å²) < 4.78 is 25.3. The Balaban J connectivity index is 1.57. The molecular formula is C20H22ClN5O4S. The van der Waals surface area contributed by atoms with Crippen LogP contribution in [-0.4, -0.2) is 47.2 Å². The molecule has 0 saturated carbocycles. The minimum absolute atomic E-state index is 0.00556. The normalized spacial score (nSPS) is 20.6. The fourth-order valence-corrected chi connectivity index (χ4v) is 5.54. The number of nitrogens with one attached hydrogen (secondary N) is 1. The Hall–Kier alpha value is -2.72. The van der Waals surface area contributed by atoms with E-state index in [1.165, 1.54) is 5.01 Å². The number of aromatic nitrogens is 2. The van der Waals surface area contributed by atoms with Gasteiger partial charge >= 0.3 is 0 Å². The van der Waals surface area contributed by atoms with Crippen LogP contribution in [-0.2, 0) is 19.4 Å². The van der Waals surface area contributed by atoms with Crippen molar-refractivity contribution in [2.75, 3.05) is 21.8 Å². The van der Waals surface area contributed by atoms with Gasteiger partial charge in [0.1, 0.15) is 11.5 Å². The summed E-state index contributed by atoms with van der Waals surface area (Å²) in [7, 11) is -3.10. The summed E-state index contributed by atoms with van der Waals surface area (Å²) in [6, 6.07) is 6.51. The number of nitrogens with zero attached hydrogens (tertiary/aromatic N) is 4. The fourth-order valence-electron chi connectivity index (χ4n) is 3.68. The number of sulfone groups is 1. The van der Waals surface area contributed by atoms with Crippen LogP contribution in [0.25, 0.3) is 0 Å². The monoisotopic (exact) mass is 463 g/mol. The third-order valence-electron chi connectivity index (χ3n) is 5.35. The lowest BCUT2D eigenvalue weighted by atomic mass is 10.1. The first-order chi connectivity index (χ1) is 14.6. The number of benzene rings is 1. The van der Waals surface area contributed by atoms with Crippen LogP contribution in [0, 0.1) is 13.8 Å². The molecule has 0 bridgehead atoms. The van der Waals surface area contributed by atoms with Gasteiger partial charge in [-0.05, 0) is 38.0 Å². The molecule has 1 aromatic heterocycles. The van der Waals surface area contributed by atoms with Gasteiger partial charge < -0.3 is 5.32 Å². The van der Waals surface area contributed by atoms with E-state index in [4.69, 9.17) is 11.6 Å². The largest absolute Gasteiger partial charge is 0.306 e. The molecule has 31 heavy (non-hydrogen) atoms. The lowest BCUT2D eigenvalue weighted by Crippen LogP contribution is -2.36. The topological polar surface area (TPSA) is 114 Å². The van der Waals surface area contributed by atoms with Crippen molar-refractivity contribution in [3.63, 3.8) is 0 Å². The van der Waals surface area contributed by atoms with Crippen molar-refractivity contribution in [1.29, 1.82) is 0 Å². The van der Waals surface area contributed by atoms with Crippen molar-refractivity contribution in [2.24, 2.45) is 5.10 Å². The summed E-state index contributed by atoms with van der Waals surface area (Å²) in [6.07, 6.45) is 0.784. The number of carbonyl (C=O) groups excluding carboxylic acids is 2. The second-order valence-electron chi connectivity index (χ2n) is 7.81. The number of rotatable bonds is 4. The molecule has 4 rings (SSSR count). The maximum atomic E-state index is 12.9. The van der Waals surface area contributed by atoms with Gasteiger partial charge in [-0.25, -0.2) is 18.1 Å². The van der Waals surface area contributed by atoms with Gasteiger partial charge in [-0.3, -0.25) is 9.59 Å². The molecule has 0 unspecified atom stereocenters. The van der Waals surface area contributed by atoms with Crippen LogP contribution < -0.4 is 10.3 Å². The average Bonchev–Trinajstić information content (AvgIpc) is 3.25. The van der Waals surface area contributed by atoms with Gasteiger partial charge in [-0.15, -0.1) is 0 Å². The molecule has 1 saturated heterocycles. The maximum Gasteiger partial charge on any atom is 0.273 e. The first-order valence-electron chi connectivity index (χ1n) is 9.87. The molecule has 1 atom stereocenters. The number of halogens is 1. The predicted molar refractivity (Wildman–Crippen MR) is 118 cm³/mol. The molecule has 0 aliphatic carbocycles. The van der Waals surface area contributed by atoms with Crippen LogP contribution >= 0.6 is 11.6 Å². The molecule has 3 heterocycles. The van der Waals surface area contributed by atoms with Crippen LogP contribution in [0.5, 0.6) is 0 Å². The fraction of sp³-hybridized carbons (Fsp3) is 0.400. The smallest absolute Gasteiger partial charge is 0.273 e. The SMILES string of the molecule is Cc1cc(NC(=O)C2=NN(c3ccc(C)c(Cl)c3)C(=O)CC2)n([C@@H]2CCS(=O)(=O)C2)n1. The second-order valence-corrected chi connectivity index (χ2v) is 10.4. The molecular weight excluding hydrogens is 442 g/mol. The van der Waals surface area contributed by atoms with Gasteiger partial charge in [0.05, 0.1) is 28.9 Å². The molecule has 164 valence electrons. The van der Waals surface area contributed by atoms with Crippen molar-refractivity contribution < 1.29 is 18.0 Å². The molecule has 0 radical (unpaired) electrons. The molecule has 9 nitrogen and oxygen atoms in total. The van der Waals surface area contributed by atoms with Crippen LogP contribution in [0.4, 0.5) is 11.5 Å². The molecule has 11 heteroatoms. The van der Waals surface area contributed by atoms with E-state index in [0.717, 1.165) is 5.56 Å². The Morgan fingerprint density at radius 3 is 2.68 bits per heavy atom. The van der Waals surface area contributed by atoms with Crippen molar-refractivity contribution >= 4 is 50.5 Å². The van der Waals surface area contributed by atoms with Crippen LogP contribution in [0.1, 0.15) is 36.6 Å². The van der Waals surface area contributed by atoms with E-state index < -0.39 is 15.7 Å². The van der Waals surface area contributed by atoms with E-state index in [0.29, 0.717) is 28.6 Å². The summed E-state index contributed by atoms with van der Waals surface area (Å²) >= 11 is 6.17. The Morgan fingerprint density at radius 2 is 2.00 bits per heavy atom. The van der Waals surface area contributed by atoms with Crippen molar-refractivity contribution in [3.8, 4) is 0 Å². The molecule has 1 fully saturated rings. The highest BCUT2D eigenvalue weighted by atomic mass is 35.5. The Bertz CT molecular complexity index is 1200. The number of anilines is 2. The van der Waals surface area contributed by atoms with E-state index in [9.17, 15) is 18.0 Å². The molecule has 0 spiro atoms. The average molecular weight is 464 g/mol. The number of amides is 2. The van der Waals surface area contributed by atoms with Gasteiger partial charge in [0.2, 0.25) is 5.91 Å². The van der Waals surface area contributed by atoms with Gasteiger partial charge in [0, 0.05) is 23.9 Å². The first kappa shape index (κ1) is 21.5. The lowest BCUT2D eigenvalue weighted by Gasteiger charge is -2.23. The van der Waals surface area contributed by atoms with E-state index in [-0.39, 0.29) is 42.0 Å². The van der Waals surface area contributed by atoms with Crippen molar-refractivity contribution in [2.45, 2.75) is 39.2 Å². The standard InChI is InChI=1S/C20H22ClN5O4S/c1-12-3-4-14(10-16(12)21)26-19(27)6-5-17(24-26)20(28)22-18-9-13(2)23-25(18)15-7-8-31(29,30)11-15/h3-4,9-10,15H,5-8,11H2,1-2H3,(H,22,28)/t15-/m1/s1. The van der Waals surface area contributed by atoms with Gasteiger partial charge in [0.25, 0.3) is 5.91 Å².